The van der Waals surface area contributed by atoms with Gasteiger partial charge in [-0.05, 0) is 24.4 Å². The van der Waals surface area contributed by atoms with Gasteiger partial charge in [0.05, 0.1) is 5.56 Å². The first kappa shape index (κ1) is 9.86. The van der Waals surface area contributed by atoms with E-state index in [0.717, 1.165) is 16.1 Å². The molecule has 0 unspecified atom stereocenters. The van der Waals surface area contributed by atoms with Crippen LogP contribution in [0.5, 0.6) is 0 Å². The SMILES string of the molecule is Cc1cc(-c2cccs2)c(C(=O)O)cn1. The lowest BCUT2D eigenvalue weighted by Gasteiger charge is -2.03. The van der Waals surface area contributed by atoms with Crippen molar-refractivity contribution >= 4 is 17.3 Å². The molecule has 2 rings (SSSR count). The first-order chi connectivity index (χ1) is 7.18. The summed E-state index contributed by atoms with van der Waals surface area (Å²) in [6, 6.07) is 5.61. The molecule has 1 N–H and O–H groups in total. The average molecular weight is 219 g/mol. The van der Waals surface area contributed by atoms with Gasteiger partial charge in [0.1, 0.15) is 0 Å². The summed E-state index contributed by atoms with van der Waals surface area (Å²) < 4.78 is 0. The number of rotatable bonds is 2. The minimum atomic E-state index is -0.939. The van der Waals surface area contributed by atoms with Crippen molar-refractivity contribution in [1.82, 2.24) is 4.98 Å². The highest BCUT2D eigenvalue weighted by Gasteiger charge is 2.12. The zero-order chi connectivity index (χ0) is 10.8. The van der Waals surface area contributed by atoms with Crippen LogP contribution in [0.1, 0.15) is 16.1 Å². The fourth-order valence-electron chi connectivity index (χ4n) is 1.37. The van der Waals surface area contributed by atoms with E-state index in [1.807, 2.05) is 24.4 Å². The summed E-state index contributed by atoms with van der Waals surface area (Å²) in [4.78, 5) is 15.9. The molecule has 2 heterocycles. The number of pyridine rings is 1. The van der Waals surface area contributed by atoms with Gasteiger partial charge >= 0.3 is 5.97 Å². The Morgan fingerprint density at radius 1 is 1.53 bits per heavy atom. The van der Waals surface area contributed by atoms with Crippen LogP contribution in [-0.2, 0) is 0 Å². The quantitative estimate of drug-likeness (QED) is 0.844. The number of aromatic carboxylic acids is 1. The fourth-order valence-corrected chi connectivity index (χ4v) is 2.12. The van der Waals surface area contributed by atoms with E-state index in [-0.39, 0.29) is 5.56 Å². The number of carboxylic acid groups (broad SMARTS) is 1. The van der Waals surface area contributed by atoms with E-state index in [1.54, 1.807) is 6.07 Å². The summed E-state index contributed by atoms with van der Waals surface area (Å²) in [5.74, 6) is -0.939. The molecule has 0 aliphatic heterocycles. The lowest BCUT2D eigenvalue weighted by molar-refractivity contribution is 0.0697. The molecule has 76 valence electrons. The van der Waals surface area contributed by atoms with Crippen molar-refractivity contribution in [2.24, 2.45) is 0 Å². The molecule has 0 fully saturated rings. The van der Waals surface area contributed by atoms with E-state index >= 15 is 0 Å². The van der Waals surface area contributed by atoms with Crippen LogP contribution < -0.4 is 0 Å². The van der Waals surface area contributed by atoms with E-state index in [0.29, 0.717) is 0 Å². The summed E-state index contributed by atoms with van der Waals surface area (Å²) >= 11 is 1.53. The topological polar surface area (TPSA) is 50.2 Å². The summed E-state index contributed by atoms with van der Waals surface area (Å²) in [7, 11) is 0. The van der Waals surface area contributed by atoms with Crippen molar-refractivity contribution < 1.29 is 9.90 Å². The van der Waals surface area contributed by atoms with Crippen molar-refractivity contribution in [3.63, 3.8) is 0 Å². The molecule has 0 saturated heterocycles. The minimum absolute atomic E-state index is 0.253. The molecule has 0 saturated carbocycles. The van der Waals surface area contributed by atoms with Crippen LogP contribution in [-0.4, -0.2) is 16.1 Å². The van der Waals surface area contributed by atoms with Crippen LogP contribution in [0.2, 0.25) is 0 Å². The molecule has 15 heavy (non-hydrogen) atoms. The third-order valence-electron chi connectivity index (χ3n) is 2.06. The van der Waals surface area contributed by atoms with Gasteiger partial charge in [0.25, 0.3) is 0 Å². The molecule has 0 aliphatic carbocycles. The maximum absolute atomic E-state index is 11.0. The highest BCUT2D eigenvalue weighted by molar-refractivity contribution is 7.13. The highest BCUT2D eigenvalue weighted by atomic mass is 32.1. The van der Waals surface area contributed by atoms with Crippen LogP contribution in [0.25, 0.3) is 10.4 Å². The van der Waals surface area contributed by atoms with Gasteiger partial charge in [-0.1, -0.05) is 6.07 Å². The number of carboxylic acids is 1. The van der Waals surface area contributed by atoms with Gasteiger partial charge in [0.15, 0.2) is 0 Å². The van der Waals surface area contributed by atoms with E-state index in [2.05, 4.69) is 4.98 Å². The molecular formula is C11H9NO2S. The van der Waals surface area contributed by atoms with Crippen molar-refractivity contribution in [3.8, 4) is 10.4 Å². The highest BCUT2D eigenvalue weighted by Crippen LogP contribution is 2.28. The first-order valence-corrected chi connectivity index (χ1v) is 5.30. The van der Waals surface area contributed by atoms with Crippen LogP contribution in [0.4, 0.5) is 0 Å². The van der Waals surface area contributed by atoms with Crippen LogP contribution in [0, 0.1) is 6.92 Å². The Morgan fingerprint density at radius 2 is 2.33 bits per heavy atom. The third kappa shape index (κ3) is 1.89. The average Bonchev–Trinajstić information content (AvgIpc) is 2.69. The number of hydrogen-bond acceptors (Lipinski definition) is 3. The van der Waals surface area contributed by atoms with E-state index in [9.17, 15) is 4.79 Å². The van der Waals surface area contributed by atoms with Gasteiger partial charge in [-0.2, -0.15) is 0 Å². The molecule has 4 heteroatoms. The van der Waals surface area contributed by atoms with Crippen LogP contribution in [0.3, 0.4) is 0 Å². The predicted octanol–water partition coefficient (Wildman–Crippen LogP) is 2.82. The number of hydrogen-bond donors (Lipinski definition) is 1. The lowest BCUT2D eigenvalue weighted by Crippen LogP contribution is -2.00. The molecule has 0 amide bonds. The van der Waals surface area contributed by atoms with Gasteiger partial charge in [-0.25, -0.2) is 4.79 Å². The largest absolute Gasteiger partial charge is 0.478 e. The van der Waals surface area contributed by atoms with Crippen molar-refractivity contribution in [2.75, 3.05) is 0 Å². The van der Waals surface area contributed by atoms with Crippen LogP contribution in [0.15, 0.2) is 29.8 Å². The number of aryl methyl sites for hydroxylation is 1. The van der Waals surface area contributed by atoms with Gasteiger partial charge < -0.3 is 5.11 Å². The summed E-state index contributed by atoms with van der Waals surface area (Å²) in [5.41, 5.74) is 1.82. The summed E-state index contributed by atoms with van der Waals surface area (Å²) in [6.45, 7) is 1.85. The fraction of sp³-hybridized carbons (Fsp3) is 0.0909. The Kier molecular flexibility index (Phi) is 2.51. The molecule has 2 aromatic rings. The standard InChI is InChI=1S/C11H9NO2S/c1-7-5-8(10-3-2-4-15-10)9(6-12-7)11(13)14/h2-6H,1H3,(H,13,14). The molecule has 0 spiro atoms. The van der Waals surface area contributed by atoms with Crippen molar-refractivity contribution in [1.29, 1.82) is 0 Å². The Bertz CT molecular complexity index is 491. The third-order valence-corrected chi connectivity index (χ3v) is 2.96. The molecule has 3 nitrogen and oxygen atoms in total. The zero-order valence-electron chi connectivity index (χ0n) is 8.10. The molecule has 0 atom stereocenters. The van der Waals surface area contributed by atoms with Gasteiger partial charge in [0.2, 0.25) is 0 Å². The van der Waals surface area contributed by atoms with E-state index in [4.69, 9.17) is 5.11 Å². The van der Waals surface area contributed by atoms with E-state index < -0.39 is 5.97 Å². The van der Waals surface area contributed by atoms with Gasteiger partial charge in [-0.15, -0.1) is 11.3 Å². The molecule has 0 aromatic carbocycles. The summed E-state index contributed by atoms with van der Waals surface area (Å²) in [6.07, 6.45) is 1.41. The minimum Gasteiger partial charge on any atom is -0.478 e. The lowest BCUT2D eigenvalue weighted by atomic mass is 10.1. The monoisotopic (exact) mass is 219 g/mol. The number of aromatic nitrogens is 1. The molecule has 0 aliphatic rings. The zero-order valence-corrected chi connectivity index (χ0v) is 8.91. The summed E-state index contributed by atoms with van der Waals surface area (Å²) in [5, 5.41) is 10.9. The first-order valence-electron chi connectivity index (χ1n) is 4.42. The Hall–Kier alpha value is -1.68. The Balaban J connectivity index is 2.63. The molecule has 0 bridgehead atoms. The van der Waals surface area contributed by atoms with Crippen molar-refractivity contribution in [2.45, 2.75) is 6.92 Å². The predicted molar refractivity (Wildman–Crippen MR) is 59.2 cm³/mol. The normalized spacial score (nSPS) is 10.2. The van der Waals surface area contributed by atoms with Gasteiger partial charge in [-0.3, -0.25) is 4.98 Å². The molecule has 0 radical (unpaired) electrons. The van der Waals surface area contributed by atoms with Crippen molar-refractivity contribution in [3.05, 3.63) is 41.0 Å². The second kappa shape index (κ2) is 3.82. The smallest absolute Gasteiger partial charge is 0.337 e. The number of carbonyl (C=O) groups is 1. The maximum atomic E-state index is 11.0. The van der Waals surface area contributed by atoms with E-state index in [1.165, 1.54) is 17.5 Å². The number of thiophene rings is 1. The van der Waals surface area contributed by atoms with Gasteiger partial charge in [0, 0.05) is 22.3 Å². The number of nitrogens with zero attached hydrogens (tertiary/aromatic N) is 1. The second-order valence-corrected chi connectivity index (χ2v) is 4.10. The van der Waals surface area contributed by atoms with Crippen LogP contribution >= 0.6 is 11.3 Å². The molecular weight excluding hydrogens is 210 g/mol. The maximum Gasteiger partial charge on any atom is 0.337 e. The molecule has 2 aromatic heterocycles. The second-order valence-electron chi connectivity index (χ2n) is 3.15. The Morgan fingerprint density at radius 3 is 2.93 bits per heavy atom. The Labute approximate surface area is 91.0 Å².